The molecule has 2 aliphatic rings. The van der Waals surface area contributed by atoms with Crippen LogP contribution in [0.25, 0.3) is 11.0 Å². The van der Waals surface area contributed by atoms with Crippen molar-refractivity contribution in [1.82, 2.24) is 19.4 Å². The van der Waals surface area contributed by atoms with Gasteiger partial charge in [0.2, 0.25) is 0 Å². The van der Waals surface area contributed by atoms with E-state index in [9.17, 15) is 0 Å². The van der Waals surface area contributed by atoms with Gasteiger partial charge in [0.1, 0.15) is 0 Å². The normalized spacial score (nSPS) is 21.4. The maximum atomic E-state index is 4.49. The Morgan fingerprint density at radius 1 is 0.852 bits per heavy atom. The molecule has 4 nitrogen and oxygen atoms in total. The summed E-state index contributed by atoms with van der Waals surface area (Å²) in [6.45, 7) is 7.07. The first-order valence-corrected chi connectivity index (χ1v) is 10.3. The smallest absolute Gasteiger partial charge is 0.0961 e. The number of nitrogens with zero attached hydrogens (tertiary/aromatic N) is 4. The van der Waals surface area contributed by atoms with Crippen LogP contribution in [0, 0.1) is 0 Å². The minimum Gasteiger partial charge on any atom is -0.326 e. The molecule has 0 unspecified atom stereocenters. The fraction of sp³-hybridized carbons (Fsp3) is 0.435. The van der Waals surface area contributed by atoms with Crippen LogP contribution in [0.2, 0.25) is 0 Å². The summed E-state index contributed by atoms with van der Waals surface area (Å²) in [4.78, 5) is 9.83. The molecule has 1 atom stereocenters. The number of likely N-dealkylation sites (tertiary alicyclic amines) is 2. The van der Waals surface area contributed by atoms with Gasteiger partial charge in [0, 0.05) is 32.2 Å². The first kappa shape index (κ1) is 17.0. The maximum Gasteiger partial charge on any atom is 0.0961 e. The number of para-hydroxylation sites is 2. The molecule has 5 rings (SSSR count). The average Bonchev–Trinajstić information content (AvgIpc) is 3.44. The Balaban J connectivity index is 1.20. The number of benzene rings is 2. The van der Waals surface area contributed by atoms with Crippen LogP contribution in [-0.4, -0.2) is 51.6 Å². The lowest BCUT2D eigenvalue weighted by Gasteiger charge is -2.23. The standard InChI is InChI=1S/C23H28N4/c1-2-6-23-22(5-1)24-18-27(23)16-20-9-7-19(8-10-20)15-25-14-11-21(17-25)26-12-3-4-13-26/h1-2,5-10,18,21H,3-4,11-17H2/t21-/m0/s1. The average molecular weight is 361 g/mol. The SMILES string of the molecule is c1ccc2c(c1)ncn2Cc1ccc(CN2CC[C@H](N3CCCC3)C2)cc1. The van der Waals surface area contributed by atoms with Gasteiger partial charge in [-0.25, -0.2) is 4.98 Å². The minimum atomic E-state index is 0.793. The van der Waals surface area contributed by atoms with Crippen molar-refractivity contribution in [1.29, 1.82) is 0 Å². The van der Waals surface area contributed by atoms with E-state index in [-0.39, 0.29) is 0 Å². The predicted octanol–water partition coefficient (Wildman–Crippen LogP) is 3.75. The summed E-state index contributed by atoms with van der Waals surface area (Å²) in [5, 5.41) is 0. The molecule has 0 saturated carbocycles. The number of hydrogen-bond acceptors (Lipinski definition) is 3. The lowest BCUT2D eigenvalue weighted by atomic mass is 10.1. The van der Waals surface area contributed by atoms with E-state index in [4.69, 9.17) is 0 Å². The van der Waals surface area contributed by atoms with Crippen LogP contribution in [0.15, 0.2) is 54.9 Å². The van der Waals surface area contributed by atoms with Crippen LogP contribution in [0.5, 0.6) is 0 Å². The third-order valence-electron chi connectivity index (χ3n) is 6.21. The minimum absolute atomic E-state index is 0.793. The summed E-state index contributed by atoms with van der Waals surface area (Å²) in [5.41, 5.74) is 5.02. The van der Waals surface area contributed by atoms with Gasteiger partial charge in [-0.05, 0) is 55.6 Å². The van der Waals surface area contributed by atoms with Crippen molar-refractivity contribution in [3.05, 3.63) is 66.0 Å². The van der Waals surface area contributed by atoms with Gasteiger partial charge in [-0.1, -0.05) is 36.4 Å². The van der Waals surface area contributed by atoms with Crippen LogP contribution in [0.1, 0.15) is 30.4 Å². The zero-order valence-electron chi connectivity index (χ0n) is 15.9. The Morgan fingerprint density at radius 2 is 1.59 bits per heavy atom. The van der Waals surface area contributed by atoms with E-state index in [1.54, 1.807) is 0 Å². The number of imidazole rings is 1. The second kappa shape index (κ2) is 7.45. The molecule has 3 aromatic rings. The van der Waals surface area contributed by atoms with Crippen LogP contribution in [0.4, 0.5) is 0 Å². The fourth-order valence-electron chi connectivity index (χ4n) is 4.70. The summed E-state index contributed by atoms with van der Waals surface area (Å²) in [5.74, 6) is 0. The number of hydrogen-bond donors (Lipinski definition) is 0. The molecule has 0 bridgehead atoms. The molecule has 2 saturated heterocycles. The van der Waals surface area contributed by atoms with E-state index in [2.05, 4.69) is 61.8 Å². The van der Waals surface area contributed by atoms with Gasteiger partial charge >= 0.3 is 0 Å². The van der Waals surface area contributed by atoms with Crippen molar-refractivity contribution < 1.29 is 0 Å². The van der Waals surface area contributed by atoms with Gasteiger partial charge in [0.25, 0.3) is 0 Å². The summed E-state index contributed by atoms with van der Waals surface area (Å²) >= 11 is 0. The van der Waals surface area contributed by atoms with Gasteiger partial charge in [-0.3, -0.25) is 9.80 Å². The molecular formula is C23H28N4. The Hall–Kier alpha value is -2.17. The van der Waals surface area contributed by atoms with E-state index >= 15 is 0 Å². The van der Waals surface area contributed by atoms with Crippen molar-refractivity contribution in [2.24, 2.45) is 0 Å². The molecule has 27 heavy (non-hydrogen) atoms. The highest BCUT2D eigenvalue weighted by atomic mass is 15.3. The van der Waals surface area contributed by atoms with Crippen molar-refractivity contribution in [3.8, 4) is 0 Å². The first-order valence-electron chi connectivity index (χ1n) is 10.3. The number of rotatable bonds is 5. The van der Waals surface area contributed by atoms with Gasteiger partial charge in [-0.15, -0.1) is 0 Å². The molecule has 4 heteroatoms. The maximum absolute atomic E-state index is 4.49. The molecule has 2 aromatic carbocycles. The molecular weight excluding hydrogens is 332 g/mol. The Morgan fingerprint density at radius 3 is 2.41 bits per heavy atom. The van der Waals surface area contributed by atoms with Crippen LogP contribution in [-0.2, 0) is 13.1 Å². The van der Waals surface area contributed by atoms with Crippen LogP contribution >= 0.6 is 0 Å². The molecule has 1 aromatic heterocycles. The fourth-order valence-corrected chi connectivity index (χ4v) is 4.70. The van der Waals surface area contributed by atoms with Crippen molar-refractivity contribution >= 4 is 11.0 Å². The van der Waals surface area contributed by atoms with Crippen molar-refractivity contribution in [2.75, 3.05) is 26.2 Å². The van der Waals surface area contributed by atoms with E-state index in [1.807, 2.05) is 12.4 Å². The van der Waals surface area contributed by atoms with Gasteiger partial charge in [0.05, 0.1) is 17.4 Å². The summed E-state index contributed by atoms with van der Waals surface area (Å²) in [6.07, 6.45) is 6.07. The molecule has 0 amide bonds. The largest absolute Gasteiger partial charge is 0.326 e. The highest BCUT2D eigenvalue weighted by Gasteiger charge is 2.28. The topological polar surface area (TPSA) is 24.3 Å². The van der Waals surface area contributed by atoms with Gasteiger partial charge in [0.15, 0.2) is 0 Å². The molecule has 2 aliphatic heterocycles. The third kappa shape index (κ3) is 3.64. The van der Waals surface area contributed by atoms with Crippen molar-refractivity contribution in [3.63, 3.8) is 0 Å². The molecule has 0 N–H and O–H groups in total. The lowest BCUT2D eigenvalue weighted by molar-refractivity contribution is 0.230. The first-order chi connectivity index (χ1) is 13.3. The van der Waals surface area contributed by atoms with E-state index < -0.39 is 0 Å². The van der Waals surface area contributed by atoms with Crippen molar-refractivity contribution in [2.45, 2.75) is 38.4 Å². The molecule has 0 radical (unpaired) electrons. The van der Waals surface area contributed by atoms with Crippen LogP contribution in [0.3, 0.4) is 0 Å². The van der Waals surface area contributed by atoms with Gasteiger partial charge < -0.3 is 4.57 Å². The summed E-state index contributed by atoms with van der Waals surface area (Å²) in [7, 11) is 0. The Labute approximate surface area is 161 Å². The number of fused-ring (bicyclic) bond motifs is 1. The Kier molecular flexibility index (Phi) is 4.68. The monoisotopic (exact) mass is 360 g/mol. The molecule has 2 fully saturated rings. The lowest BCUT2D eigenvalue weighted by Crippen LogP contribution is -2.35. The quantitative estimate of drug-likeness (QED) is 0.692. The van der Waals surface area contributed by atoms with E-state index in [0.29, 0.717) is 0 Å². The third-order valence-corrected chi connectivity index (χ3v) is 6.21. The molecule has 0 aliphatic carbocycles. The predicted molar refractivity (Wildman–Crippen MR) is 110 cm³/mol. The zero-order chi connectivity index (χ0) is 18.1. The number of aromatic nitrogens is 2. The zero-order valence-corrected chi connectivity index (χ0v) is 15.9. The molecule has 3 heterocycles. The second-order valence-corrected chi connectivity index (χ2v) is 8.10. The van der Waals surface area contributed by atoms with E-state index in [0.717, 1.165) is 24.6 Å². The second-order valence-electron chi connectivity index (χ2n) is 8.10. The summed E-state index contributed by atoms with van der Waals surface area (Å²) in [6, 6.07) is 18.3. The van der Waals surface area contributed by atoms with Crippen LogP contribution < -0.4 is 0 Å². The summed E-state index contributed by atoms with van der Waals surface area (Å²) < 4.78 is 2.23. The highest BCUT2D eigenvalue weighted by Crippen LogP contribution is 2.22. The molecule has 0 spiro atoms. The van der Waals surface area contributed by atoms with Gasteiger partial charge in [-0.2, -0.15) is 0 Å². The molecule has 140 valence electrons. The highest BCUT2D eigenvalue weighted by molar-refractivity contribution is 5.75. The van der Waals surface area contributed by atoms with E-state index in [1.165, 1.54) is 62.1 Å². The Bertz CT molecular complexity index is 892.